The average Bonchev–Trinajstić information content (AvgIpc) is 3.44. The van der Waals surface area contributed by atoms with E-state index < -0.39 is 0 Å². The highest BCUT2D eigenvalue weighted by atomic mass is 32.1. The highest BCUT2D eigenvalue weighted by molar-refractivity contribution is 7.09. The third kappa shape index (κ3) is 5.15. The first kappa shape index (κ1) is 20.8. The molecule has 1 atom stereocenters. The predicted molar refractivity (Wildman–Crippen MR) is 117 cm³/mol. The Morgan fingerprint density at radius 1 is 1.23 bits per heavy atom. The van der Waals surface area contributed by atoms with Crippen LogP contribution in [0.4, 0.5) is 0 Å². The molecule has 3 aromatic rings. The molecule has 6 nitrogen and oxygen atoms in total. The van der Waals surface area contributed by atoms with Gasteiger partial charge < -0.3 is 9.84 Å². The molecule has 1 aliphatic rings. The van der Waals surface area contributed by atoms with Gasteiger partial charge in [0.25, 0.3) is 0 Å². The lowest BCUT2D eigenvalue weighted by molar-refractivity contribution is -0.127. The fraction of sp³-hybridized carbons (Fsp3) is 0.435. The van der Waals surface area contributed by atoms with E-state index in [2.05, 4.69) is 50.9 Å². The topological polar surface area (TPSA) is 71.3 Å². The average molecular weight is 425 g/mol. The van der Waals surface area contributed by atoms with Gasteiger partial charge in [0.15, 0.2) is 5.82 Å². The van der Waals surface area contributed by atoms with Gasteiger partial charge in [0.05, 0.1) is 12.6 Å². The summed E-state index contributed by atoms with van der Waals surface area (Å²) in [6.07, 6.45) is 4.52. The van der Waals surface area contributed by atoms with Crippen molar-refractivity contribution >= 4 is 17.2 Å². The van der Waals surface area contributed by atoms with E-state index >= 15 is 0 Å². The van der Waals surface area contributed by atoms with Gasteiger partial charge in [0.1, 0.15) is 0 Å². The molecule has 0 bridgehead atoms. The summed E-state index contributed by atoms with van der Waals surface area (Å²) in [5.74, 6) is 1.39. The van der Waals surface area contributed by atoms with Gasteiger partial charge in [-0.1, -0.05) is 48.8 Å². The molecule has 0 radical (unpaired) electrons. The largest absolute Gasteiger partial charge is 0.354 e. The molecule has 1 aromatic carbocycles. The number of nitrogens with zero attached hydrogens (tertiary/aromatic N) is 3. The Balaban J connectivity index is 1.44. The number of fused-ring (bicyclic) bond motifs is 1. The van der Waals surface area contributed by atoms with Gasteiger partial charge in [-0.05, 0) is 41.8 Å². The van der Waals surface area contributed by atoms with Crippen LogP contribution in [0.25, 0.3) is 0 Å². The standard InChI is InChI=1S/C23H28N4O2S/c1-2-3-10-21-25-22(29-26-21)16-27-15-18-8-5-4-7-17(18)14-20(27)23(28)24-12-11-19-9-6-13-30-19/h4-9,13,20H,2-3,10-12,14-16H2,1H3,(H,24,28)/t20-/m0/s1. The summed E-state index contributed by atoms with van der Waals surface area (Å²) in [5.41, 5.74) is 2.49. The lowest BCUT2D eigenvalue weighted by atomic mass is 9.93. The summed E-state index contributed by atoms with van der Waals surface area (Å²) in [6, 6.07) is 12.2. The van der Waals surface area contributed by atoms with Gasteiger partial charge in [-0.25, -0.2) is 0 Å². The van der Waals surface area contributed by atoms with Crippen molar-refractivity contribution in [3.8, 4) is 0 Å². The van der Waals surface area contributed by atoms with E-state index in [1.165, 1.54) is 16.0 Å². The Morgan fingerprint density at radius 2 is 2.10 bits per heavy atom. The van der Waals surface area contributed by atoms with Gasteiger partial charge in [-0.3, -0.25) is 9.69 Å². The SMILES string of the molecule is CCCCc1noc(CN2Cc3ccccc3C[C@H]2C(=O)NCCc2cccs2)n1. The molecule has 1 aliphatic heterocycles. The molecule has 0 saturated carbocycles. The normalized spacial score (nSPS) is 16.4. The second-order valence-corrected chi connectivity index (χ2v) is 8.75. The number of carbonyl (C=O) groups excluding carboxylic acids is 1. The third-order valence-corrected chi connectivity index (χ3v) is 6.44. The van der Waals surface area contributed by atoms with Gasteiger partial charge >= 0.3 is 0 Å². The summed E-state index contributed by atoms with van der Waals surface area (Å²) < 4.78 is 5.48. The zero-order chi connectivity index (χ0) is 20.8. The molecule has 3 heterocycles. The highest BCUT2D eigenvalue weighted by Crippen LogP contribution is 2.25. The molecule has 4 rings (SSSR count). The van der Waals surface area contributed by atoms with E-state index in [1.54, 1.807) is 11.3 Å². The summed E-state index contributed by atoms with van der Waals surface area (Å²) in [6.45, 7) is 3.98. The maximum Gasteiger partial charge on any atom is 0.240 e. The minimum absolute atomic E-state index is 0.0618. The first-order valence-corrected chi connectivity index (χ1v) is 11.5. The number of carbonyl (C=O) groups is 1. The fourth-order valence-electron chi connectivity index (χ4n) is 3.85. The molecule has 1 amide bonds. The van der Waals surface area contributed by atoms with E-state index in [-0.39, 0.29) is 11.9 Å². The second-order valence-electron chi connectivity index (χ2n) is 7.72. The zero-order valence-corrected chi connectivity index (χ0v) is 18.2. The van der Waals surface area contributed by atoms with Crippen molar-refractivity contribution in [3.63, 3.8) is 0 Å². The van der Waals surface area contributed by atoms with Crippen molar-refractivity contribution in [3.05, 3.63) is 69.5 Å². The highest BCUT2D eigenvalue weighted by Gasteiger charge is 2.32. The first-order valence-electron chi connectivity index (χ1n) is 10.7. The van der Waals surface area contributed by atoms with E-state index in [0.717, 1.165) is 31.5 Å². The number of nitrogens with one attached hydrogen (secondary N) is 1. The van der Waals surface area contributed by atoms with Gasteiger partial charge in [0, 0.05) is 24.4 Å². The Morgan fingerprint density at radius 3 is 2.90 bits per heavy atom. The van der Waals surface area contributed by atoms with E-state index in [1.807, 2.05) is 18.2 Å². The van der Waals surface area contributed by atoms with Crippen LogP contribution < -0.4 is 5.32 Å². The number of hydrogen-bond acceptors (Lipinski definition) is 6. The van der Waals surface area contributed by atoms with Crippen LogP contribution in [-0.2, 0) is 37.1 Å². The number of thiophene rings is 1. The van der Waals surface area contributed by atoms with Crippen molar-refractivity contribution in [2.45, 2.75) is 58.2 Å². The Hall–Kier alpha value is -2.51. The number of benzene rings is 1. The van der Waals surface area contributed by atoms with Crippen LogP contribution >= 0.6 is 11.3 Å². The molecule has 0 unspecified atom stereocenters. The Bertz CT molecular complexity index is 954. The lowest BCUT2D eigenvalue weighted by Gasteiger charge is -2.35. The fourth-order valence-corrected chi connectivity index (χ4v) is 4.56. The minimum atomic E-state index is -0.241. The van der Waals surface area contributed by atoms with Crippen LogP contribution in [0.5, 0.6) is 0 Å². The molecule has 7 heteroatoms. The van der Waals surface area contributed by atoms with E-state index in [0.29, 0.717) is 31.9 Å². The molecule has 158 valence electrons. The smallest absolute Gasteiger partial charge is 0.240 e. The Labute approximate surface area is 181 Å². The molecule has 2 aromatic heterocycles. The van der Waals surface area contributed by atoms with E-state index in [9.17, 15) is 4.79 Å². The molecule has 30 heavy (non-hydrogen) atoms. The van der Waals surface area contributed by atoms with Crippen molar-refractivity contribution in [1.82, 2.24) is 20.4 Å². The molecule has 0 aliphatic carbocycles. The summed E-state index contributed by atoms with van der Waals surface area (Å²) in [4.78, 5) is 21.0. The lowest BCUT2D eigenvalue weighted by Crippen LogP contribution is -2.50. The summed E-state index contributed by atoms with van der Waals surface area (Å²) >= 11 is 1.72. The van der Waals surface area contributed by atoms with Crippen molar-refractivity contribution in [2.24, 2.45) is 0 Å². The maximum absolute atomic E-state index is 13.1. The van der Waals surface area contributed by atoms with Crippen LogP contribution in [0.15, 0.2) is 46.3 Å². The quantitative estimate of drug-likeness (QED) is 0.566. The minimum Gasteiger partial charge on any atom is -0.354 e. The molecule has 0 spiro atoms. The van der Waals surface area contributed by atoms with Crippen LogP contribution in [0.2, 0.25) is 0 Å². The number of rotatable bonds is 9. The van der Waals surface area contributed by atoms with Crippen LogP contribution in [0.1, 0.15) is 47.5 Å². The van der Waals surface area contributed by atoms with Crippen LogP contribution in [0, 0.1) is 0 Å². The monoisotopic (exact) mass is 424 g/mol. The number of unbranched alkanes of at least 4 members (excludes halogenated alkanes) is 1. The molecule has 0 saturated heterocycles. The molecular weight excluding hydrogens is 396 g/mol. The zero-order valence-electron chi connectivity index (χ0n) is 17.3. The summed E-state index contributed by atoms with van der Waals surface area (Å²) in [5, 5.41) is 9.29. The number of aryl methyl sites for hydroxylation is 1. The van der Waals surface area contributed by atoms with Crippen molar-refractivity contribution in [1.29, 1.82) is 0 Å². The third-order valence-electron chi connectivity index (χ3n) is 5.50. The number of amides is 1. The molecule has 1 N–H and O–H groups in total. The summed E-state index contributed by atoms with van der Waals surface area (Å²) in [7, 11) is 0. The Kier molecular flexibility index (Phi) is 6.92. The maximum atomic E-state index is 13.1. The molecular formula is C23H28N4O2S. The second kappa shape index (κ2) is 10.00. The van der Waals surface area contributed by atoms with Crippen molar-refractivity contribution in [2.75, 3.05) is 6.54 Å². The first-order chi connectivity index (χ1) is 14.7. The molecule has 0 fully saturated rings. The van der Waals surface area contributed by atoms with Crippen LogP contribution in [-0.4, -0.2) is 33.5 Å². The number of hydrogen-bond donors (Lipinski definition) is 1. The number of aromatic nitrogens is 2. The van der Waals surface area contributed by atoms with E-state index in [4.69, 9.17) is 4.52 Å². The van der Waals surface area contributed by atoms with Gasteiger partial charge in [0.2, 0.25) is 11.8 Å². The van der Waals surface area contributed by atoms with Crippen molar-refractivity contribution < 1.29 is 9.32 Å². The van der Waals surface area contributed by atoms with Gasteiger partial charge in [-0.15, -0.1) is 11.3 Å². The van der Waals surface area contributed by atoms with Gasteiger partial charge in [-0.2, -0.15) is 4.98 Å². The predicted octanol–water partition coefficient (Wildman–Crippen LogP) is 3.76. The van der Waals surface area contributed by atoms with Crippen LogP contribution in [0.3, 0.4) is 0 Å².